The molecule has 4 rings (SSSR count). The van der Waals surface area contributed by atoms with E-state index in [1.807, 2.05) is 19.1 Å². The van der Waals surface area contributed by atoms with Gasteiger partial charge >= 0.3 is 0 Å². The third kappa shape index (κ3) is 1.58. The Bertz CT molecular complexity index is 541. The zero-order valence-electron chi connectivity index (χ0n) is 11.0. The number of rotatable bonds is 3. The Balaban J connectivity index is 1.57. The van der Waals surface area contributed by atoms with Crippen molar-refractivity contribution in [1.82, 2.24) is 0 Å². The Labute approximate surface area is 112 Å². The fourth-order valence-electron chi connectivity index (χ4n) is 4.61. The number of nitro benzene ring substituents is 1. The van der Waals surface area contributed by atoms with Crippen LogP contribution in [0.15, 0.2) is 18.2 Å². The summed E-state index contributed by atoms with van der Waals surface area (Å²) in [5.41, 5.74) is 1.86. The number of hydrogen-bond donors (Lipinski definition) is 1. The molecule has 4 heteroatoms. The Kier molecular flexibility index (Phi) is 2.20. The summed E-state index contributed by atoms with van der Waals surface area (Å²) in [6.45, 7) is 1.89. The Morgan fingerprint density at radius 3 is 2.58 bits per heavy atom. The molecule has 1 aromatic rings. The summed E-state index contributed by atoms with van der Waals surface area (Å²) in [6, 6.07) is 5.97. The normalized spacial score (nSPS) is 38.1. The van der Waals surface area contributed by atoms with E-state index in [-0.39, 0.29) is 10.6 Å². The molecule has 3 fully saturated rings. The van der Waals surface area contributed by atoms with Gasteiger partial charge in [-0.05, 0) is 61.5 Å². The van der Waals surface area contributed by atoms with Gasteiger partial charge in [-0.3, -0.25) is 10.1 Å². The largest absolute Gasteiger partial charge is 0.376 e. The van der Waals surface area contributed by atoms with Gasteiger partial charge in [-0.2, -0.15) is 0 Å². The summed E-state index contributed by atoms with van der Waals surface area (Å²) in [5, 5.41) is 14.6. The van der Waals surface area contributed by atoms with E-state index >= 15 is 0 Å². The van der Waals surface area contributed by atoms with Crippen LogP contribution in [-0.2, 0) is 0 Å². The Hall–Kier alpha value is -1.58. The number of hydrogen-bond acceptors (Lipinski definition) is 3. The second-order valence-electron chi connectivity index (χ2n) is 6.44. The average molecular weight is 258 g/mol. The monoisotopic (exact) mass is 258 g/mol. The van der Waals surface area contributed by atoms with Crippen LogP contribution in [0, 0.1) is 40.7 Å². The summed E-state index contributed by atoms with van der Waals surface area (Å²) in [7, 11) is 0. The first-order valence-corrected chi connectivity index (χ1v) is 7.17. The van der Waals surface area contributed by atoms with Crippen LogP contribution in [0.3, 0.4) is 0 Å². The van der Waals surface area contributed by atoms with E-state index in [0.29, 0.717) is 11.7 Å². The number of nitrogens with zero attached hydrogens (tertiary/aromatic N) is 1. The topological polar surface area (TPSA) is 55.2 Å². The molecule has 100 valence electrons. The maximum Gasteiger partial charge on any atom is 0.292 e. The first kappa shape index (κ1) is 11.3. The van der Waals surface area contributed by atoms with Crippen molar-refractivity contribution in [3.05, 3.63) is 33.9 Å². The first-order chi connectivity index (χ1) is 9.15. The average Bonchev–Trinajstić information content (AvgIpc) is 2.79. The zero-order valence-corrected chi connectivity index (χ0v) is 11.0. The summed E-state index contributed by atoms with van der Waals surface area (Å²) in [5.74, 6) is 3.35. The standard InChI is InChI=1S/C15H18N2O2/c1-8-2-5-11(12(6-8)17(18)19)16-15-13-9-3-4-10(7-9)14(13)15/h2,5-6,9-10,13-16H,3-4,7H2,1H3. The molecule has 1 N–H and O–H groups in total. The number of aryl methyl sites for hydroxylation is 1. The minimum atomic E-state index is -0.276. The molecule has 0 aromatic heterocycles. The lowest BCUT2D eigenvalue weighted by molar-refractivity contribution is -0.384. The van der Waals surface area contributed by atoms with Crippen molar-refractivity contribution in [2.24, 2.45) is 23.7 Å². The van der Waals surface area contributed by atoms with Crippen LogP contribution in [0.2, 0.25) is 0 Å². The minimum absolute atomic E-state index is 0.220. The maximum atomic E-state index is 11.1. The lowest BCUT2D eigenvalue weighted by atomic mass is 10.0. The van der Waals surface area contributed by atoms with Crippen molar-refractivity contribution in [2.45, 2.75) is 32.2 Å². The number of nitrogens with one attached hydrogen (secondary N) is 1. The van der Waals surface area contributed by atoms with Gasteiger partial charge in [0.2, 0.25) is 0 Å². The van der Waals surface area contributed by atoms with E-state index in [0.717, 1.165) is 29.2 Å². The van der Waals surface area contributed by atoms with Crippen molar-refractivity contribution in [3.63, 3.8) is 0 Å². The third-order valence-electron chi connectivity index (χ3n) is 5.41. The number of fused-ring (bicyclic) bond motifs is 5. The molecule has 0 aliphatic heterocycles. The van der Waals surface area contributed by atoms with Crippen molar-refractivity contribution in [3.8, 4) is 0 Å². The van der Waals surface area contributed by atoms with Crippen LogP contribution in [0.5, 0.6) is 0 Å². The number of nitro groups is 1. The van der Waals surface area contributed by atoms with Crippen molar-refractivity contribution in [2.75, 3.05) is 5.32 Å². The van der Waals surface area contributed by atoms with Crippen LogP contribution in [0.25, 0.3) is 0 Å². The van der Waals surface area contributed by atoms with Crippen LogP contribution in [0.4, 0.5) is 11.4 Å². The highest BCUT2D eigenvalue weighted by Gasteiger charge is 2.65. The fraction of sp³-hybridized carbons (Fsp3) is 0.600. The smallest absolute Gasteiger partial charge is 0.292 e. The molecule has 4 nitrogen and oxygen atoms in total. The molecule has 4 unspecified atom stereocenters. The molecular weight excluding hydrogens is 240 g/mol. The SMILES string of the molecule is Cc1ccc(NC2C3C4CCC(C4)C23)c([N+](=O)[O-])c1. The quantitative estimate of drug-likeness (QED) is 0.668. The molecule has 0 spiro atoms. The van der Waals surface area contributed by atoms with Crippen LogP contribution in [-0.4, -0.2) is 11.0 Å². The van der Waals surface area contributed by atoms with E-state index in [2.05, 4.69) is 5.32 Å². The summed E-state index contributed by atoms with van der Waals surface area (Å²) >= 11 is 0. The summed E-state index contributed by atoms with van der Waals surface area (Å²) < 4.78 is 0. The minimum Gasteiger partial charge on any atom is -0.376 e. The van der Waals surface area contributed by atoms with E-state index in [1.165, 1.54) is 19.3 Å². The predicted molar refractivity (Wildman–Crippen MR) is 73.1 cm³/mol. The van der Waals surface area contributed by atoms with Crippen LogP contribution < -0.4 is 5.32 Å². The number of benzene rings is 1. The number of anilines is 1. The highest BCUT2D eigenvalue weighted by atomic mass is 16.6. The van der Waals surface area contributed by atoms with Gasteiger partial charge in [0, 0.05) is 12.1 Å². The first-order valence-electron chi connectivity index (χ1n) is 7.17. The zero-order chi connectivity index (χ0) is 13.1. The van der Waals surface area contributed by atoms with Gasteiger partial charge in [-0.15, -0.1) is 0 Å². The summed E-state index contributed by atoms with van der Waals surface area (Å²) in [6.07, 6.45) is 4.16. The molecule has 2 bridgehead atoms. The van der Waals surface area contributed by atoms with Gasteiger partial charge in [-0.25, -0.2) is 0 Å². The molecule has 0 amide bonds. The molecular formula is C15H18N2O2. The van der Waals surface area contributed by atoms with Crippen molar-refractivity contribution >= 4 is 11.4 Å². The molecule has 19 heavy (non-hydrogen) atoms. The second kappa shape index (κ2) is 3.71. The lowest BCUT2D eigenvalue weighted by Crippen LogP contribution is -2.13. The maximum absolute atomic E-state index is 11.1. The van der Waals surface area contributed by atoms with Gasteiger partial charge in [-0.1, -0.05) is 6.07 Å². The van der Waals surface area contributed by atoms with E-state index in [4.69, 9.17) is 0 Å². The molecule has 3 saturated carbocycles. The predicted octanol–water partition coefficient (Wildman–Crippen LogP) is 3.36. The Morgan fingerprint density at radius 2 is 1.95 bits per heavy atom. The highest BCUT2D eigenvalue weighted by Crippen LogP contribution is 2.66. The summed E-state index contributed by atoms with van der Waals surface area (Å²) in [4.78, 5) is 10.9. The van der Waals surface area contributed by atoms with Gasteiger partial charge in [0.1, 0.15) is 5.69 Å². The molecule has 0 saturated heterocycles. The second-order valence-corrected chi connectivity index (χ2v) is 6.44. The lowest BCUT2D eigenvalue weighted by Gasteiger charge is -2.12. The molecule has 3 aliphatic carbocycles. The molecule has 0 heterocycles. The van der Waals surface area contributed by atoms with E-state index < -0.39 is 0 Å². The molecule has 0 radical (unpaired) electrons. The van der Waals surface area contributed by atoms with Crippen molar-refractivity contribution in [1.29, 1.82) is 0 Å². The van der Waals surface area contributed by atoms with Gasteiger partial charge in [0.15, 0.2) is 0 Å². The molecule has 3 aliphatic rings. The van der Waals surface area contributed by atoms with Crippen molar-refractivity contribution < 1.29 is 4.92 Å². The highest BCUT2D eigenvalue weighted by molar-refractivity contribution is 5.64. The van der Waals surface area contributed by atoms with E-state index in [9.17, 15) is 10.1 Å². The van der Waals surface area contributed by atoms with Crippen LogP contribution >= 0.6 is 0 Å². The molecule has 1 aromatic carbocycles. The van der Waals surface area contributed by atoms with Gasteiger partial charge in [0.05, 0.1) is 4.92 Å². The molecule has 4 atom stereocenters. The Morgan fingerprint density at radius 1 is 1.26 bits per heavy atom. The third-order valence-corrected chi connectivity index (χ3v) is 5.41. The van der Waals surface area contributed by atoms with E-state index in [1.54, 1.807) is 6.07 Å². The van der Waals surface area contributed by atoms with Gasteiger partial charge in [0.25, 0.3) is 5.69 Å². The van der Waals surface area contributed by atoms with Crippen LogP contribution in [0.1, 0.15) is 24.8 Å². The fourth-order valence-corrected chi connectivity index (χ4v) is 4.61. The van der Waals surface area contributed by atoms with Gasteiger partial charge < -0.3 is 5.32 Å².